The van der Waals surface area contributed by atoms with Gasteiger partial charge in [0.25, 0.3) is 5.56 Å². The van der Waals surface area contributed by atoms with E-state index < -0.39 is 5.69 Å². The average molecular weight is 233 g/mol. The highest BCUT2D eigenvalue weighted by Crippen LogP contribution is 2.13. The quantitative estimate of drug-likeness (QED) is 0.580. The van der Waals surface area contributed by atoms with E-state index in [1.165, 1.54) is 6.07 Å². The summed E-state index contributed by atoms with van der Waals surface area (Å²) >= 11 is 0. The number of rotatable bonds is 1. The van der Waals surface area contributed by atoms with E-state index >= 15 is 0 Å². The van der Waals surface area contributed by atoms with Crippen LogP contribution in [0.15, 0.2) is 15.7 Å². The number of nitrogens with two attached hydrogens (primary N) is 1. The van der Waals surface area contributed by atoms with Crippen molar-refractivity contribution < 1.29 is 0 Å². The molecular formula is C8H13ClN4O2. The van der Waals surface area contributed by atoms with Crippen LogP contribution in [0.3, 0.4) is 0 Å². The smallest absolute Gasteiger partial charge is 0.327 e. The maximum absolute atomic E-state index is 11.0. The van der Waals surface area contributed by atoms with E-state index in [2.05, 4.69) is 9.97 Å². The molecule has 0 unspecified atom stereocenters. The van der Waals surface area contributed by atoms with Gasteiger partial charge in [0.15, 0.2) is 0 Å². The van der Waals surface area contributed by atoms with Crippen molar-refractivity contribution in [2.75, 3.05) is 18.0 Å². The fourth-order valence-corrected chi connectivity index (χ4v) is 1.63. The van der Waals surface area contributed by atoms with Crippen molar-refractivity contribution in [3.05, 3.63) is 26.9 Å². The lowest BCUT2D eigenvalue weighted by Gasteiger charge is -2.16. The Kier molecular flexibility index (Phi) is 3.54. The Bertz CT molecular complexity index is 413. The number of anilines is 1. The molecule has 1 saturated heterocycles. The first-order valence-electron chi connectivity index (χ1n) is 4.49. The van der Waals surface area contributed by atoms with Gasteiger partial charge in [0.05, 0.1) is 0 Å². The van der Waals surface area contributed by atoms with E-state index in [-0.39, 0.29) is 24.0 Å². The number of halogens is 1. The molecule has 15 heavy (non-hydrogen) atoms. The topological polar surface area (TPSA) is 95.0 Å². The summed E-state index contributed by atoms with van der Waals surface area (Å²) in [6, 6.07) is 1.50. The Balaban J connectivity index is 0.00000112. The molecule has 84 valence electrons. The summed E-state index contributed by atoms with van der Waals surface area (Å²) in [4.78, 5) is 28.6. The first-order valence-corrected chi connectivity index (χ1v) is 4.49. The standard InChI is InChI=1S/C8H12N4O2.ClH/c9-5-1-2-12(4-5)6-3-7(13)11-8(14)10-6;/h3,5H,1-2,4,9H2,(H2,10,11,13,14);1H/t5-;/m1./s1. The molecule has 0 saturated carbocycles. The van der Waals surface area contributed by atoms with Gasteiger partial charge in [-0.3, -0.25) is 14.8 Å². The van der Waals surface area contributed by atoms with Crippen LogP contribution in [0.5, 0.6) is 0 Å². The molecule has 4 N–H and O–H groups in total. The van der Waals surface area contributed by atoms with Crippen LogP contribution in [-0.2, 0) is 0 Å². The predicted molar refractivity (Wildman–Crippen MR) is 59.7 cm³/mol. The minimum atomic E-state index is -0.479. The third-order valence-corrected chi connectivity index (χ3v) is 2.31. The Morgan fingerprint density at radius 1 is 1.40 bits per heavy atom. The van der Waals surface area contributed by atoms with Crippen LogP contribution in [0.25, 0.3) is 0 Å². The number of nitrogens with zero attached hydrogens (tertiary/aromatic N) is 1. The molecule has 6 nitrogen and oxygen atoms in total. The fourth-order valence-electron chi connectivity index (χ4n) is 1.63. The molecule has 0 radical (unpaired) electrons. The first-order chi connectivity index (χ1) is 6.65. The van der Waals surface area contributed by atoms with Crippen LogP contribution >= 0.6 is 12.4 Å². The maximum Gasteiger partial charge on any atom is 0.327 e. The molecule has 1 aliphatic heterocycles. The molecule has 0 aromatic carbocycles. The molecule has 1 atom stereocenters. The number of hydrogen-bond acceptors (Lipinski definition) is 4. The van der Waals surface area contributed by atoms with Gasteiger partial charge in [-0.1, -0.05) is 0 Å². The molecule has 1 aromatic rings. The summed E-state index contributed by atoms with van der Waals surface area (Å²) in [6.07, 6.45) is 0.884. The second-order valence-electron chi connectivity index (χ2n) is 3.47. The van der Waals surface area contributed by atoms with E-state index in [1.807, 2.05) is 4.90 Å². The molecule has 0 bridgehead atoms. The minimum absolute atomic E-state index is 0. The molecule has 0 aliphatic carbocycles. The summed E-state index contributed by atoms with van der Waals surface area (Å²) in [5.41, 5.74) is 4.86. The Labute approximate surface area is 91.9 Å². The molecule has 1 aliphatic rings. The average Bonchev–Trinajstić information content (AvgIpc) is 2.50. The summed E-state index contributed by atoms with van der Waals surface area (Å²) in [5, 5.41) is 0. The van der Waals surface area contributed by atoms with E-state index in [4.69, 9.17) is 5.73 Å². The number of aromatic nitrogens is 2. The van der Waals surface area contributed by atoms with Gasteiger partial charge in [-0.2, -0.15) is 0 Å². The molecule has 2 rings (SSSR count). The molecule has 1 aromatic heterocycles. The molecule has 7 heteroatoms. The third-order valence-electron chi connectivity index (χ3n) is 2.31. The van der Waals surface area contributed by atoms with Gasteiger partial charge in [-0.25, -0.2) is 4.79 Å². The van der Waals surface area contributed by atoms with Crippen molar-refractivity contribution in [1.82, 2.24) is 9.97 Å². The van der Waals surface area contributed by atoms with Crippen molar-refractivity contribution in [2.45, 2.75) is 12.5 Å². The molecule has 0 spiro atoms. The van der Waals surface area contributed by atoms with Gasteiger partial charge in [-0.05, 0) is 6.42 Å². The highest BCUT2D eigenvalue weighted by molar-refractivity contribution is 5.85. The molecule has 2 heterocycles. The van der Waals surface area contributed by atoms with Crippen molar-refractivity contribution >= 4 is 18.2 Å². The first kappa shape index (κ1) is 11.8. The Morgan fingerprint density at radius 2 is 2.13 bits per heavy atom. The lowest BCUT2D eigenvalue weighted by molar-refractivity contribution is 0.751. The summed E-state index contributed by atoms with van der Waals surface area (Å²) in [7, 11) is 0. The van der Waals surface area contributed by atoms with E-state index in [0.717, 1.165) is 13.0 Å². The van der Waals surface area contributed by atoms with Crippen molar-refractivity contribution in [3.8, 4) is 0 Å². The monoisotopic (exact) mass is 232 g/mol. The molecule has 1 fully saturated rings. The summed E-state index contributed by atoms with van der Waals surface area (Å²) < 4.78 is 0. The maximum atomic E-state index is 11.0. The van der Waals surface area contributed by atoms with E-state index in [0.29, 0.717) is 12.4 Å². The van der Waals surface area contributed by atoms with Gasteiger partial charge in [-0.15, -0.1) is 12.4 Å². The minimum Gasteiger partial charge on any atom is -0.356 e. The fraction of sp³-hybridized carbons (Fsp3) is 0.500. The molecular weight excluding hydrogens is 220 g/mol. The lowest BCUT2D eigenvalue weighted by Crippen LogP contribution is -2.31. The van der Waals surface area contributed by atoms with Gasteiger partial charge in [0.1, 0.15) is 5.82 Å². The zero-order valence-corrected chi connectivity index (χ0v) is 8.84. The van der Waals surface area contributed by atoms with E-state index in [1.54, 1.807) is 0 Å². The number of nitrogens with one attached hydrogen (secondary N) is 2. The SMILES string of the molecule is Cl.N[C@@H]1CCN(c2cc(=O)[nH]c(=O)[nH]2)C1. The highest BCUT2D eigenvalue weighted by Gasteiger charge is 2.19. The number of hydrogen-bond donors (Lipinski definition) is 3. The van der Waals surface area contributed by atoms with Crippen LogP contribution in [-0.4, -0.2) is 29.1 Å². The Morgan fingerprint density at radius 3 is 2.67 bits per heavy atom. The van der Waals surface area contributed by atoms with Gasteiger partial charge in [0.2, 0.25) is 0 Å². The third kappa shape index (κ3) is 2.60. The van der Waals surface area contributed by atoms with Crippen LogP contribution < -0.4 is 21.9 Å². The normalized spacial score (nSPS) is 20.1. The summed E-state index contributed by atoms with van der Waals surface area (Å²) in [5.74, 6) is 0.548. The second-order valence-corrected chi connectivity index (χ2v) is 3.47. The van der Waals surface area contributed by atoms with Crippen molar-refractivity contribution in [1.29, 1.82) is 0 Å². The number of H-pyrrole nitrogens is 2. The van der Waals surface area contributed by atoms with Crippen LogP contribution in [0.4, 0.5) is 5.82 Å². The Hall–Kier alpha value is -1.27. The van der Waals surface area contributed by atoms with Crippen molar-refractivity contribution in [2.24, 2.45) is 5.73 Å². The van der Waals surface area contributed by atoms with Crippen molar-refractivity contribution in [3.63, 3.8) is 0 Å². The highest BCUT2D eigenvalue weighted by atomic mass is 35.5. The van der Waals surface area contributed by atoms with Gasteiger partial charge in [0, 0.05) is 25.2 Å². The lowest BCUT2D eigenvalue weighted by atomic mass is 10.3. The second kappa shape index (κ2) is 4.50. The van der Waals surface area contributed by atoms with Gasteiger partial charge >= 0.3 is 5.69 Å². The zero-order valence-electron chi connectivity index (χ0n) is 8.03. The van der Waals surface area contributed by atoms with Crippen LogP contribution in [0, 0.1) is 0 Å². The van der Waals surface area contributed by atoms with Crippen LogP contribution in [0.2, 0.25) is 0 Å². The van der Waals surface area contributed by atoms with Gasteiger partial charge < -0.3 is 10.6 Å². The zero-order chi connectivity index (χ0) is 10.1. The predicted octanol–water partition coefficient (Wildman–Crippen LogP) is -0.978. The largest absolute Gasteiger partial charge is 0.356 e. The summed E-state index contributed by atoms with van der Waals surface area (Å²) in [6.45, 7) is 1.46. The van der Waals surface area contributed by atoms with Crippen LogP contribution in [0.1, 0.15) is 6.42 Å². The van der Waals surface area contributed by atoms with E-state index in [9.17, 15) is 9.59 Å². The number of aromatic amines is 2. The molecule has 0 amide bonds.